The molecule has 0 saturated carbocycles. The Bertz CT molecular complexity index is 189. The van der Waals surface area contributed by atoms with Gasteiger partial charge in [-0.3, -0.25) is 4.79 Å². The number of carbonyl (C=O) groups excluding carboxylic acids is 1. The lowest BCUT2D eigenvalue weighted by Gasteiger charge is -2.18. The van der Waals surface area contributed by atoms with Gasteiger partial charge in [0.25, 0.3) is 0 Å². The van der Waals surface area contributed by atoms with Crippen LogP contribution in [0.1, 0.15) is 19.3 Å². The summed E-state index contributed by atoms with van der Waals surface area (Å²) in [5.74, 6) is 1.17. The van der Waals surface area contributed by atoms with Gasteiger partial charge in [0.05, 0.1) is 17.9 Å². The molecule has 1 heterocycles. The lowest BCUT2D eigenvalue weighted by molar-refractivity contribution is -0.121. The maximum Gasteiger partial charge on any atom is 0.233 e. The van der Waals surface area contributed by atoms with E-state index in [2.05, 4.69) is 5.32 Å². The smallest absolute Gasteiger partial charge is 0.233 e. The lowest BCUT2D eigenvalue weighted by atomic mass is 10.2. The second-order valence-electron chi connectivity index (χ2n) is 3.67. The fraction of sp³-hybridized carbons (Fsp3) is 0.900. The third-order valence-electron chi connectivity index (χ3n) is 2.41. The number of aliphatic hydroxyl groups excluding tert-OH is 1. The molecule has 2 unspecified atom stereocenters. The van der Waals surface area contributed by atoms with Crippen LogP contribution in [-0.4, -0.2) is 48.4 Å². The zero-order valence-electron chi connectivity index (χ0n) is 9.07. The van der Waals surface area contributed by atoms with Crippen molar-refractivity contribution in [3.63, 3.8) is 0 Å². The van der Waals surface area contributed by atoms with Crippen molar-refractivity contribution in [1.82, 2.24) is 5.32 Å². The van der Waals surface area contributed by atoms with E-state index in [1.54, 1.807) is 18.9 Å². The number of carbonyl (C=O) groups is 1. The first-order chi connectivity index (χ1) is 7.27. The van der Waals surface area contributed by atoms with E-state index in [4.69, 9.17) is 9.84 Å². The summed E-state index contributed by atoms with van der Waals surface area (Å²) in [5, 5.41) is 11.8. The highest BCUT2D eigenvalue weighted by Crippen LogP contribution is 2.26. The molecule has 1 saturated heterocycles. The Morgan fingerprint density at radius 3 is 3.07 bits per heavy atom. The second kappa shape index (κ2) is 7.09. The average molecular weight is 233 g/mol. The fourth-order valence-electron chi connectivity index (χ4n) is 1.63. The Balaban J connectivity index is 2.31. The van der Waals surface area contributed by atoms with E-state index in [1.807, 2.05) is 0 Å². The summed E-state index contributed by atoms with van der Waals surface area (Å²) in [6, 6.07) is -0.0614. The molecule has 0 aliphatic carbocycles. The Morgan fingerprint density at radius 2 is 2.53 bits per heavy atom. The second-order valence-corrected chi connectivity index (χ2v) is 4.99. The molecule has 1 aliphatic rings. The Kier molecular flexibility index (Phi) is 6.05. The third kappa shape index (κ3) is 4.40. The van der Waals surface area contributed by atoms with Crippen molar-refractivity contribution < 1.29 is 14.6 Å². The Labute approximate surface area is 94.8 Å². The van der Waals surface area contributed by atoms with Crippen molar-refractivity contribution in [2.45, 2.75) is 30.6 Å². The first kappa shape index (κ1) is 12.8. The average Bonchev–Trinajstić information content (AvgIpc) is 2.71. The summed E-state index contributed by atoms with van der Waals surface area (Å²) in [7, 11) is 1.60. The topological polar surface area (TPSA) is 58.6 Å². The van der Waals surface area contributed by atoms with E-state index < -0.39 is 0 Å². The maximum atomic E-state index is 11.7. The van der Waals surface area contributed by atoms with Crippen LogP contribution < -0.4 is 5.32 Å². The molecule has 15 heavy (non-hydrogen) atoms. The monoisotopic (exact) mass is 233 g/mol. The molecule has 0 radical (unpaired) electrons. The number of thioether (sulfide) groups is 1. The van der Waals surface area contributed by atoms with Crippen molar-refractivity contribution >= 4 is 17.7 Å². The minimum absolute atomic E-state index is 0.0614. The molecular formula is C10H19NO3S. The summed E-state index contributed by atoms with van der Waals surface area (Å²) in [6.07, 6.45) is 2.64. The minimum atomic E-state index is -0.0614. The summed E-state index contributed by atoms with van der Waals surface area (Å²) >= 11 is 1.71. The first-order valence-electron chi connectivity index (χ1n) is 5.29. The van der Waals surface area contributed by atoms with E-state index in [1.165, 1.54) is 0 Å². The number of hydrogen-bond donors (Lipinski definition) is 2. The van der Waals surface area contributed by atoms with Crippen LogP contribution in [0.5, 0.6) is 0 Å². The van der Waals surface area contributed by atoms with E-state index in [-0.39, 0.29) is 23.8 Å². The van der Waals surface area contributed by atoms with Gasteiger partial charge in [0.1, 0.15) is 0 Å². The van der Waals surface area contributed by atoms with Crippen molar-refractivity contribution in [3.05, 3.63) is 0 Å². The highest BCUT2D eigenvalue weighted by Gasteiger charge is 2.24. The van der Waals surface area contributed by atoms with Gasteiger partial charge in [0, 0.05) is 13.7 Å². The van der Waals surface area contributed by atoms with Crippen LogP contribution in [0, 0.1) is 0 Å². The van der Waals surface area contributed by atoms with Crippen LogP contribution in [0.3, 0.4) is 0 Å². The van der Waals surface area contributed by atoms with Crippen LogP contribution in [0.4, 0.5) is 0 Å². The fourth-order valence-corrected chi connectivity index (χ4v) is 2.80. The Morgan fingerprint density at radius 1 is 1.73 bits per heavy atom. The highest BCUT2D eigenvalue weighted by molar-refractivity contribution is 8.00. The quantitative estimate of drug-likeness (QED) is 0.697. The van der Waals surface area contributed by atoms with E-state index in [9.17, 15) is 4.79 Å². The molecule has 0 aromatic heterocycles. The summed E-state index contributed by atoms with van der Waals surface area (Å²) in [4.78, 5) is 11.7. The Hall–Kier alpha value is -0.260. The van der Waals surface area contributed by atoms with Gasteiger partial charge in [0.15, 0.2) is 0 Å². The lowest BCUT2D eigenvalue weighted by Crippen LogP contribution is -2.42. The molecule has 0 aromatic carbocycles. The molecule has 0 spiro atoms. The number of nitrogens with one attached hydrogen (secondary N) is 1. The highest BCUT2D eigenvalue weighted by atomic mass is 32.2. The van der Waals surface area contributed by atoms with Crippen molar-refractivity contribution in [3.8, 4) is 0 Å². The van der Waals surface area contributed by atoms with Gasteiger partial charge in [0.2, 0.25) is 5.91 Å². The normalized spacial score (nSPS) is 22.7. The van der Waals surface area contributed by atoms with Crippen molar-refractivity contribution in [2.75, 3.05) is 26.1 Å². The molecule has 5 heteroatoms. The molecule has 2 N–H and O–H groups in total. The third-order valence-corrected chi connectivity index (χ3v) is 3.79. The molecule has 1 rings (SSSR count). The largest absolute Gasteiger partial charge is 0.396 e. The summed E-state index contributed by atoms with van der Waals surface area (Å²) in [5.41, 5.74) is 0. The summed E-state index contributed by atoms with van der Waals surface area (Å²) in [6.45, 7) is 0.538. The zero-order chi connectivity index (χ0) is 11.1. The van der Waals surface area contributed by atoms with Crippen LogP contribution >= 0.6 is 11.8 Å². The van der Waals surface area contributed by atoms with E-state index >= 15 is 0 Å². The molecule has 4 nitrogen and oxygen atoms in total. The van der Waals surface area contributed by atoms with Crippen LogP contribution in [0.2, 0.25) is 0 Å². The van der Waals surface area contributed by atoms with Gasteiger partial charge >= 0.3 is 0 Å². The number of hydrogen-bond acceptors (Lipinski definition) is 4. The number of amides is 1. The van der Waals surface area contributed by atoms with Gasteiger partial charge in [-0.2, -0.15) is 0 Å². The van der Waals surface area contributed by atoms with Gasteiger partial charge in [-0.25, -0.2) is 0 Å². The van der Waals surface area contributed by atoms with Gasteiger partial charge in [-0.05, 0) is 25.0 Å². The van der Waals surface area contributed by atoms with Crippen LogP contribution in [-0.2, 0) is 9.53 Å². The zero-order valence-corrected chi connectivity index (χ0v) is 9.89. The molecule has 88 valence electrons. The molecule has 1 fully saturated rings. The van der Waals surface area contributed by atoms with Crippen molar-refractivity contribution in [1.29, 1.82) is 0 Å². The molecule has 2 atom stereocenters. The van der Waals surface area contributed by atoms with Crippen molar-refractivity contribution in [2.24, 2.45) is 0 Å². The SMILES string of the molecule is COCC(CCO)NC(=O)C1CCCS1. The minimum Gasteiger partial charge on any atom is -0.396 e. The number of methoxy groups -OCH3 is 1. The standard InChI is InChI=1S/C10H19NO3S/c1-14-7-8(4-5-12)11-10(13)9-3-2-6-15-9/h8-9,12H,2-7H2,1H3,(H,11,13). The summed E-state index contributed by atoms with van der Waals surface area (Å²) < 4.78 is 4.99. The number of ether oxygens (including phenoxy) is 1. The predicted octanol–water partition coefficient (Wildman–Crippen LogP) is 0.396. The number of aliphatic hydroxyl groups is 1. The molecular weight excluding hydrogens is 214 g/mol. The number of rotatable bonds is 6. The molecule has 1 amide bonds. The van der Waals surface area contributed by atoms with Crippen LogP contribution in [0.25, 0.3) is 0 Å². The van der Waals surface area contributed by atoms with E-state index in [0.717, 1.165) is 18.6 Å². The maximum absolute atomic E-state index is 11.7. The predicted molar refractivity (Wildman–Crippen MR) is 61.0 cm³/mol. The molecule has 0 aromatic rings. The van der Waals surface area contributed by atoms with Crippen LogP contribution in [0.15, 0.2) is 0 Å². The van der Waals surface area contributed by atoms with E-state index in [0.29, 0.717) is 13.0 Å². The first-order valence-corrected chi connectivity index (χ1v) is 6.34. The molecule has 1 aliphatic heterocycles. The van der Waals surface area contributed by atoms with Gasteiger partial charge in [-0.15, -0.1) is 11.8 Å². The van der Waals surface area contributed by atoms with Gasteiger partial charge < -0.3 is 15.2 Å². The van der Waals surface area contributed by atoms with Gasteiger partial charge in [-0.1, -0.05) is 0 Å². The molecule has 0 bridgehead atoms.